The zero-order valence-corrected chi connectivity index (χ0v) is 11.4. The van der Waals surface area contributed by atoms with Gasteiger partial charge < -0.3 is 9.88 Å². The van der Waals surface area contributed by atoms with E-state index in [9.17, 15) is 0 Å². The highest BCUT2D eigenvalue weighted by Gasteiger charge is 2.28. The molecule has 1 saturated carbocycles. The summed E-state index contributed by atoms with van der Waals surface area (Å²) in [5.74, 6) is 1.05. The van der Waals surface area contributed by atoms with Crippen LogP contribution in [0.1, 0.15) is 51.6 Å². The van der Waals surface area contributed by atoms with Crippen molar-refractivity contribution in [2.45, 2.75) is 59.4 Å². The van der Waals surface area contributed by atoms with E-state index in [-0.39, 0.29) is 0 Å². The van der Waals surface area contributed by atoms with Gasteiger partial charge in [-0.2, -0.15) is 0 Å². The van der Waals surface area contributed by atoms with Gasteiger partial charge in [-0.15, -0.1) is 0 Å². The van der Waals surface area contributed by atoms with Crippen molar-refractivity contribution in [2.24, 2.45) is 5.41 Å². The Labute approximate surface area is 105 Å². The van der Waals surface area contributed by atoms with Crippen LogP contribution in [0.15, 0.2) is 6.20 Å². The van der Waals surface area contributed by atoms with Crippen LogP contribution in [0.2, 0.25) is 0 Å². The molecule has 2 rings (SSSR count). The van der Waals surface area contributed by atoms with Crippen molar-refractivity contribution in [3.05, 3.63) is 11.9 Å². The molecule has 0 bridgehead atoms. The van der Waals surface area contributed by atoms with Gasteiger partial charge in [-0.25, -0.2) is 4.98 Å². The van der Waals surface area contributed by atoms with Gasteiger partial charge >= 0.3 is 0 Å². The first-order chi connectivity index (χ1) is 8.13. The van der Waals surface area contributed by atoms with Crippen LogP contribution in [0.5, 0.6) is 0 Å². The Balaban J connectivity index is 1.98. The van der Waals surface area contributed by atoms with Gasteiger partial charge in [0.2, 0.25) is 5.95 Å². The van der Waals surface area contributed by atoms with Gasteiger partial charge in [-0.3, -0.25) is 0 Å². The zero-order chi connectivity index (χ0) is 12.3. The standard InChI is InChI=1S/C14H25N3/c1-4-9-17-10-12(2)16-13(17)15-11-14(3)7-5-6-8-14/h10H,4-9,11H2,1-3H3,(H,15,16). The summed E-state index contributed by atoms with van der Waals surface area (Å²) >= 11 is 0. The van der Waals surface area contributed by atoms with E-state index in [1.165, 1.54) is 25.7 Å². The lowest BCUT2D eigenvalue weighted by molar-refractivity contribution is 0.360. The van der Waals surface area contributed by atoms with Gasteiger partial charge in [0.15, 0.2) is 0 Å². The molecular formula is C14H25N3. The van der Waals surface area contributed by atoms with Crippen molar-refractivity contribution in [1.82, 2.24) is 9.55 Å². The summed E-state index contributed by atoms with van der Waals surface area (Å²) in [6.07, 6.45) is 8.78. The second-order valence-electron chi connectivity index (χ2n) is 5.77. The molecule has 96 valence electrons. The molecule has 0 unspecified atom stereocenters. The van der Waals surface area contributed by atoms with Crippen LogP contribution in [-0.4, -0.2) is 16.1 Å². The molecule has 1 N–H and O–H groups in total. The largest absolute Gasteiger partial charge is 0.355 e. The molecule has 1 aliphatic carbocycles. The smallest absolute Gasteiger partial charge is 0.203 e. The summed E-state index contributed by atoms with van der Waals surface area (Å²) in [6.45, 7) is 8.78. The first kappa shape index (κ1) is 12.5. The van der Waals surface area contributed by atoms with Gasteiger partial charge in [-0.1, -0.05) is 26.7 Å². The molecule has 3 heteroatoms. The number of anilines is 1. The third kappa shape index (κ3) is 3.02. The number of nitrogens with zero attached hydrogens (tertiary/aromatic N) is 2. The number of rotatable bonds is 5. The van der Waals surface area contributed by atoms with E-state index < -0.39 is 0 Å². The second kappa shape index (κ2) is 5.11. The summed E-state index contributed by atoms with van der Waals surface area (Å²) in [4.78, 5) is 4.57. The molecule has 3 nitrogen and oxygen atoms in total. The minimum Gasteiger partial charge on any atom is -0.355 e. The van der Waals surface area contributed by atoms with Crippen molar-refractivity contribution in [3.8, 4) is 0 Å². The van der Waals surface area contributed by atoms with Crippen molar-refractivity contribution in [3.63, 3.8) is 0 Å². The van der Waals surface area contributed by atoms with Crippen LogP contribution >= 0.6 is 0 Å². The summed E-state index contributed by atoms with van der Waals surface area (Å²) < 4.78 is 2.24. The number of nitrogens with one attached hydrogen (secondary N) is 1. The maximum atomic E-state index is 4.57. The van der Waals surface area contributed by atoms with Crippen LogP contribution in [0, 0.1) is 12.3 Å². The number of aryl methyl sites for hydroxylation is 2. The zero-order valence-electron chi connectivity index (χ0n) is 11.4. The third-order valence-corrected chi connectivity index (χ3v) is 3.85. The molecule has 0 aromatic carbocycles. The number of hydrogen-bond acceptors (Lipinski definition) is 2. The quantitative estimate of drug-likeness (QED) is 0.845. The van der Waals surface area contributed by atoms with E-state index in [2.05, 4.69) is 41.8 Å². The molecular weight excluding hydrogens is 210 g/mol. The van der Waals surface area contributed by atoms with E-state index in [1.807, 2.05) is 0 Å². The van der Waals surface area contributed by atoms with Crippen LogP contribution in [0.4, 0.5) is 5.95 Å². The van der Waals surface area contributed by atoms with Crippen LogP contribution < -0.4 is 5.32 Å². The van der Waals surface area contributed by atoms with Gasteiger partial charge in [0.25, 0.3) is 0 Å². The average Bonchev–Trinajstić information content (AvgIpc) is 2.84. The topological polar surface area (TPSA) is 29.9 Å². The predicted molar refractivity (Wildman–Crippen MR) is 72.3 cm³/mol. The fourth-order valence-corrected chi connectivity index (χ4v) is 2.80. The van der Waals surface area contributed by atoms with E-state index in [4.69, 9.17) is 0 Å². The Morgan fingerprint density at radius 1 is 1.41 bits per heavy atom. The molecule has 0 spiro atoms. The highest BCUT2D eigenvalue weighted by Crippen LogP contribution is 2.37. The van der Waals surface area contributed by atoms with E-state index in [1.54, 1.807) is 0 Å². The van der Waals surface area contributed by atoms with Gasteiger partial charge in [0.1, 0.15) is 0 Å². The molecule has 0 amide bonds. The Morgan fingerprint density at radius 3 is 2.76 bits per heavy atom. The SMILES string of the molecule is CCCn1cc(C)nc1NCC1(C)CCCC1. The highest BCUT2D eigenvalue weighted by molar-refractivity contribution is 5.29. The summed E-state index contributed by atoms with van der Waals surface area (Å²) in [6, 6.07) is 0. The molecule has 0 saturated heterocycles. The van der Waals surface area contributed by atoms with Crippen molar-refractivity contribution in [2.75, 3.05) is 11.9 Å². The minimum absolute atomic E-state index is 0.483. The molecule has 1 aromatic heterocycles. The van der Waals surface area contributed by atoms with Gasteiger partial charge in [-0.05, 0) is 31.6 Å². The van der Waals surface area contributed by atoms with Crippen molar-refractivity contribution >= 4 is 5.95 Å². The normalized spacial score (nSPS) is 18.5. The summed E-state index contributed by atoms with van der Waals surface area (Å²) in [7, 11) is 0. The summed E-state index contributed by atoms with van der Waals surface area (Å²) in [5, 5.41) is 3.55. The molecule has 0 radical (unpaired) electrons. The van der Waals surface area contributed by atoms with Gasteiger partial charge in [0, 0.05) is 19.3 Å². The third-order valence-electron chi connectivity index (χ3n) is 3.85. The lowest BCUT2D eigenvalue weighted by atomic mass is 9.89. The Hall–Kier alpha value is -0.990. The van der Waals surface area contributed by atoms with E-state index in [0.29, 0.717) is 5.41 Å². The minimum atomic E-state index is 0.483. The predicted octanol–water partition coefficient (Wildman–Crippen LogP) is 3.59. The molecule has 17 heavy (non-hydrogen) atoms. The Kier molecular flexibility index (Phi) is 3.75. The fourth-order valence-electron chi connectivity index (χ4n) is 2.80. The second-order valence-corrected chi connectivity index (χ2v) is 5.77. The molecule has 1 heterocycles. The Bertz CT molecular complexity index is 362. The lowest BCUT2D eigenvalue weighted by Gasteiger charge is -2.24. The maximum absolute atomic E-state index is 4.57. The molecule has 1 aromatic rings. The number of imidazole rings is 1. The maximum Gasteiger partial charge on any atom is 0.203 e. The van der Waals surface area contributed by atoms with Crippen LogP contribution in [-0.2, 0) is 6.54 Å². The van der Waals surface area contributed by atoms with Crippen LogP contribution in [0.3, 0.4) is 0 Å². The molecule has 1 fully saturated rings. The van der Waals surface area contributed by atoms with Crippen molar-refractivity contribution < 1.29 is 0 Å². The fraction of sp³-hybridized carbons (Fsp3) is 0.786. The van der Waals surface area contributed by atoms with Crippen molar-refractivity contribution in [1.29, 1.82) is 0 Å². The number of aromatic nitrogens is 2. The van der Waals surface area contributed by atoms with E-state index in [0.717, 1.165) is 31.2 Å². The highest BCUT2D eigenvalue weighted by atomic mass is 15.2. The molecule has 0 atom stereocenters. The monoisotopic (exact) mass is 235 g/mol. The average molecular weight is 235 g/mol. The summed E-state index contributed by atoms with van der Waals surface area (Å²) in [5.41, 5.74) is 1.59. The molecule has 0 aliphatic heterocycles. The lowest BCUT2D eigenvalue weighted by Crippen LogP contribution is -2.24. The first-order valence-electron chi connectivity index (χ1n) is 6.91. The van der Waals surface area contributed by atoms with Gasteiger partial charge in [0.05, 0.1) is 5.69 Å². The van der Waals surface area contributed by atoms with Crippen LogP contribution in [0.25, 0.3) is 0 Å². The number of hydrogen-bond donors (Lipinski definition) is 1. The molecule has 1 aliphatic rings. The first-order valence-corrected chi connectivity index (χ1v) is 6.91. The Morgan fingerprint density at radius 2 is 2.12 bits per heavy atom. The van der Waals surface area contributed by atoms with E-state index >= 15 is 0 Å².